The highest BCUT2D eigenvalue weighted by molar-refractivity contribution is 6.00. The van der Waals surface area contributed by atoms with E-state index in [9.17, 15) is 27.9 Å². The molecule has 0 aliphatic rings. The Labute approximate surface area is 127 Å². The number of carbonyl (C=O) groups is 2. The van der Waals surface area contributed by atoms with Gasteiger partial charge in [0.25, 0.3) is 11.8 Å². The molecular formula is C14H10F3N3O3. The molecule has 0 saturated heterocycles. The molecule has 9 heteroatoms. The van der Waals surface area contributed by atoms with Crippen molar-refractivity contribution in [1.82, 2.24) is 15.8 Å². The van der Waals surface area contributed by atoms with Gasteiger partial charge in [0.2, 0.25) is 0 Å². The fraction of sp³-hybridized carbons (Fsp3) is 0.0714. The number of carbonyl (C=O) groups excluding carboxylic acids is 2. The quantitative estimate of drug-likeness (QED) is 0.735. The summed E-state index contributed by atoms with van der Waals surface area (Å²) in [6.45, 7) is 0. The molecule has 0 aliphatic heterocycles. The van der Waals surface area contributed by atoms with Crippen LogP contribution in [0.5, 0.6) is 5.75 Å². The maximum Gasteiger partial charge on any atom is 0.433 e. The number of phenolic OH excluding ortho intramolecular Hbond substituents is 1. The predicted octanol–water partition coefficient (Wildman–Crippen LogP) is 1.88. The van der Waals surface area contributed by atoms with Crippen molar-refractivity contribution in [2.45, 2.75) is 6.18 Å². The van der Waals surface area contributed by atoms with Crippen molar-refractivity contribution in [1.29, 1.82) is 0 Å². The molecule has 120 valence electrons. The number of hydrogen-bond acceptors (Lipinski definition) is 4. The molecule has 1 heterocycles. The number of alkyl halides is 3. The van der Waals surface area contributed by atoms with Crippen molar-refractivity contribution in [3.05, 3.63) is 59.4 Å². The summed E-state index contributed by atoms with van der Waals surface area (Å²) in [6.07, 6.45) is -3.86. The molecule has 0 radical (unpaired) electrons. The third-order valence-corrected chi connectivity index (χ3v) is 2.75. The number of hydrogen-bond donors (Lipinski definition) is 3. The van der Waals surface area contributed by atoms with Gasteiger partial charge in [-0.3, -0.25) is 25.4 Å². The van der Waals surface area contributed by atoms with Crippen molar-refractivity contribution in [2.75, 3.05) is 0 Å². The normalized spacial score (nSPS) is 10.9. The second kappa shape index (κ2) is 6.34. The van der Waals surface area contributed by atoms with E-state index in [0.717, 1.165) is 12.3 Å². The highest BCUT2D eigenvalue weighted by atomic mass is 19.4. The van der Waals surface area contributed by atoms with Crippen LogP contribution in [0.15, 0.2) is 42.6 Å². The SMILES string of the molecule is O=C(NNC(=O)c1ccccc1O)c1ccc(C(F)(F)F)nc1. The van der Waals surface area contributed by atoms with Gasteiger partial charge in [0, 0.05) is 6.20 Å². The van der Waals surface area contributed by atoms with E-state index in [0.29, 0.717) is 6.07 Å². The first-order valence-corrected chi connectivity index (χ1v) is 6.21. The highest BCUT2D eigenvalue weighted by Crippen LogP contribution is 2.27. The smallest absolute Gasteiger partial charge is 0.433 e. The summed E-state index contributed by atoms with van der Waals surface area (Å²) in [5, 5.41) is 9.48. The van der Waals surface area contributed by atoms with Crippen LogP contribution in [0.25, 0.3) is 0 Å². The Morgan fingerprint density at radius 3 is 2.22 bits per heavy atom. The van der Waals surface area contributed by atoms with Gasteiger partial charge in [-0.2, -0.15) is 13.2 Å². The van der Waals surface area contributed by atoms with Gasteiger partial charge in [0.05, 0.1) is 11.1 Å². The number of nitrogens with one attached hydrogen (secondary N) is 2. The molecular weight excluding hydrogens is 315 g/mol. The molecule has 6 nitrogen and oxygen atoms in total. The molecule has 2 rings (SSSR count). The summed E-state index contributed by atoms with van der Waals surface area (Å²) in [7, 11) is 0. The van der Waals surface area contributed by atoms with Crippen molar-refractivity contribution in [3.8, 4) is 5.75 Å². The van der Waals surface area contributed by atoms with E-state index in [1.807, 2.05) is 10.9 Å². The van der Waals surface area contributed by atoms with Gasteiger partial charge in [-0.1, -0.05) is 12.1 Å². The summed E-state index contributed by atoms with van der Waals surface area (Å²) < 4.78 is 37.1. The lowest BCUT2D eigenvalue weighted by Crippen LogP contribution is -2.41. The van der Waals surface area contributed by atoms with Crippen LogP contribution in [-0.2, 0) is 6.18 Å². The van der Waals surface area contributed by atoms with Gasteiger partial charge >= 0.3 is 6.18 Å². The maximum atomic E-state index is 12.4. The van der Waals surface area contributed by atoms with E-state index in [1.54, 1.807) is 0 Å². The monoisotopic (exact) mass is 325 g/mol. The first-order valence-electron chi connectivity index (χ1n) is 6.21. The van der Waals surface area contributed by atoms with E-state index in [4.69, 9.17) is 0 Å². The number of phenols is 1. The van der Waals surface area contributed by atoms with Crippen molar-refractivity contribution < 1.29 is 27.9 Å². The molecule has 3 N–H and O–H groups in total. The Hall–Kier alpha value is -3.10. The van der Waals surface area contributed by atoms with Crippen LogP contribution in [0, 0.1) is 0 Å². The second-order valence-corrected chi connectivity index (χ2v) is 4.36. The van der Waals surface area contributed by atoms with Gasteiger partial charge in [-0.05, 0) is 24.3 Å². The van der Waals surface area contributed by atoms with Crippen LogP contribution in [0.4, 0.5) is 13.2 Å². The van der Waals surface area contributed by atoms with Gasteiger partial charge in [0.1, 0.15) is 11.4 Å². The number of rotatable bonds is 2. The molecule has 23 heavy (non-hydrogen) atoms. The summed E-state index contributed by atoms with van der Waals surface area (Å²) >= 11 is 0. The lowest BCUT2D eigenvalue weighted by atomic mass is 10.2. The molecule has 1 aromatic carbocycles. The Balaban J connectivity index is 2.00. The summed E-state index contributed by atoms with van der Waals surface area (Å²) in [6, 6.07) is 7.22. The fourth-order valence-corrected chi connectivity index (χ4v) is 1.61. The van der Waals surface area contributed by atoms with Crippen molar-refractivity contribution in [2.24, 2.45) is 0 Å². The topological polar surface area (TPSA) is 91.3 Å². The first kappa shape index (κ1) is 16.3. The van der Waals surface area contributed by atoms with Crippen LogP contribution < -0.4 is 10.9 Å². The summed E-state index contributed by atoms with van der Waals surface area (Å²) in [5.41, 5.74) is 2.67. The Kier molecular flexibility index (Phi) is 4.49. The fourth-order valence-electron chi connectivity index (χ4n) is 1.61. The highest BCUT2D eigenvalue weighted by Gasteiger charge is 2.32. The summed E-state index contributed by atoms with van der Waals surface area (Å²) in [4.78, 5) is 26.6. The van der Waals surface area contributed by atoms with Gasteiger partial charge < -0.3 is 5.11 Å². The largest absolute Gasteiger partial charge is 0.507 e. The van der Waals surface area contributed by atoms with Crippen LogP contribution >= 0.6 is 0 Å². The number of amides is 2. The number of nitrogens with zero attached hydrogens (tertiary/aromatic N) is 1. The zero-order valence-electron chi connectivity index (χ0n) is 11.4. The van der Waals surface area contributed by atoms with Crippen LogP contribution in [0.1, 0.15) is 26.4 Å². The van der Waals surface area contributed by atoms with Crippen LogP contribution in [0.2, 0.25) is 0 Å². The van der Waals surface area contributed by atoms with Crippen LogP contribution in [0.3, 0.4) is 0 Å². The lowest BCUT2D eigenvalue weighted by Gasteiger charge is -2.09. The molecule has 0 fully saturated rings. The van der Waals surface area contributed by atoms with E-state index >= 15 is 0 Å². The molecule has 2 aromatic rings. The third kappa shape index (κ3) is 3.96. The lowest BCUT2D eigenvalue weighted by molar-refractivity contribution is -0.141. The van der Waals surface area contributed by atoms with E-state index in [-0.39, 0.29) is 16.9 Å². The van der Waals surface area contributed by atoms with E-state index < -0.39 is 23.7 Å². The molecule has 0 spiro atoms. The average Bonchev–Trinajstić information content (AvgIpc) is 2.52. The zero-order valence-corrected chi connectivity index (χ0v) is 11.4. The van der Waals surface area contributed by atoms with Crippen molar-refractivity contribution in [3.63, 3.8) is 0 Å². The first-order chi connectivity index (χ1) is 10.8. The molecule has 2 amide bonds. The van der Waals surface area contributed by atoms with Crippen molar-refractivity contribution >= 4 is 11.8 Å². The average molecular weight is 325 g/mol. The number of pyridine rings is 1. The molecule has 0 unspecified atom stereocenters. The molecule has 0 aliphatic carbocycles. The Morgan fingerprint density at radius 1 is 1.00 bits per heavy atom. The molecule has 1 aromatic heterocycles. The minimum Gasteiger partial charge on any atom is -0.507 e. The van der Waals surface area contributed by atoms with Gasteiger partial charge in [0.15, 0.2) is 0 Å². The minimum absolute atomic E-state index is 0.0710. The van der Waals surface area contributed by atoms with E-state index in [2.05, 4.69) is 4.98 Å². The Bertz CT molecular complexity index is 730. The van der Waals surface area contributed by atoms with E-state index in [1.165, 1.54) is 24.3 Å². The summed E-state index contributed by atoms with van der Waals surface area (Å²) in [5.74, 6) is -1.92. The number of halogens is 3. The number of aromatic nitrogens is 1. The van der Waals surface area contributed by atoms with Crippen LogP contribution in [-0.4, -0.2) is 21.9 Å². The number of para-hydroxylation sites is 1. The minimum atomic E-state index is -4.60. The zero-order chi connectivity index (χ0) is 17.0. The van der Waals surface area contributed by atoms with Gasteiger partial charge in [-0.25, -0.2) is 0 Å². The standard InChI is InChI=1S/C14H10F3N3O3/c15-14(16,17)11-6-5-8(7-18-11)12(22)19-20-13(23)9-3-1-2-4-10(9)21/h1-7,21H,(H,19,22)(H,20,23). The third-order valence-electron chi connectivity index (χ3n) is 2.75. The predicted molar refractivity (Wildman–Crippen MR) is 72.3 cm³/mol. The number of aromatic hydroxyl groups is 1. The number of benzene rings is 1. The molecule has 0 bridgehead atoms. The Morgan fingerprint density at radius 2 is 1.65 bits per heavy atom. The number of hydrazine groups is 1. The van der Waals surface area contributed by atoms with Gasteiger partial charge in [-0.15, -0.1) is 0 Å². The maximum absolute atomic E-state index is 12.4. The second-order valence-electron chi connectivity index (χ2n) is 4.36. The molecule has 0 saturated carbocycles. The molecule has 0 atom stereocenters.